The minimum absolute atomic E-state index is 0. The number of hydrogen-bond acceptors (Lipinski definition) is 6. The maximum Gasteiger partial charge on any atom is 0.472 e. The largest absolute Gasteiger partial charge is 0.472 e. The second kappa shape index (κ2) is 8.27. The fourth-order valence-corrected chi connectivity index (χ4v) is 1.21. The third-order valence-electron chi connectivity index (χ3n) is 1.01. The van der Waals surface area contributed by atoms with Crippen LogP contribution in [0.2, 0.25) is 0 Å². The first-order valence-corrected chi connectivity index (χ1v) is 5.12. The molecular formula is C5H16NO7P. The predicted octanol–water partition coefficient (Wildman–Crippen LogP) is -2.39. The summed E-state index contributed by atoms with van der Waals surface area (Å²) in [6, 6.07) is 0. The van der Waals surface area contributed by atoms with Crippen LogP contribution in [0.4, 0.5) is 0 Å². The van der Waals surface area contributed by atoms with Crippen molar-refractivity contribution in [2.75, 3.05) is 26.4 Å². The summed E-state index contributed by atoms with van der Waals surface area (Å²) in [7, 11) is -4.13. The van der Waals surface area contributed by atoms with Crippen LogP contribution in [-0.4, -0.2) is 53.1 Å². The molecule has 0 heterocycles. The van der Waals surface area contributed by atoms with E-state index < -0.39 is 27.1 Å². The maximum absolute atomic E-state index is 10.9. The molecule has 0 saturated carbocycles. The molecule has 9 heteroatoms. The highest BCUT2D eigenvalue weighted by atomic mass is 31.2. The van der Waals surface area contributed by atoms with E-state index in [1.165, 1.54) is 0 Å². The molecule has 0 aromatic carbocycles. The topological polar surface area (TPSA) is 154 Å². The van der Waals surface area contributed by atoms with E-state index in [9.17, 15) is 4.57 Å². The fourth-order valence-electron chi connectivity index (χ4n) is 0.438. The Balaban J connectivity index is 0. The van der Waals surface area contributed by atoms with Crippen LogP contribution in [0.3, 0.4) is 0 Å². The lowest BCUT2D eigenvalue weighted by Gasteiger charge is -2.13. The van der Waals surface area contributed by atoms with E-state index in [-0.39, 0.29) is 18.6 Å². The Morgan fingerprint density at radius 1 is 1.43 bits per heavy atom. The quantitative estimate of drug-likeness (QED) is 0.357. The van der Waals surface area contributed by atoms with Gasteiger partial charge < -0.3 is 26.3 Å². The molecule has 8 nitrogen and oxygen atoms in total. The first-order chi connectivity index (χ1) is 6.02. The predicted molar refractivity (Wildman–Crippen MR) is 47.5 cm³/mol. The van der Waals surface area contributed by atoms with Crippen LogP contribution in [0.15, 0.2) is 0 Å². The molecule has 0 aliphatic carbocycles. The number of aliphatic hydroxyl groups is 2. The molecule has 0 aliphatic rings. The normalized spacial score (nSPS) is 16.9. The highest BCUT2D eigenvalue weighted by molar-refractivity contribution is 7.47. The number of phosphoric ester groups is 1. The number of nitrogens with two attached hydrogens (primary N) is 1. The lowest BCUT2D eigenvalue weighted by atomic mass is 10.4. The van der Waals surface area contributed by atoms with Gasteiger partial charge in [-0.2, -0.15) is 0 Å². The van der Waals surface area contributed by atoms with Gasteiger partial charge in [0.05, 0.1) is 19.8 Å². The number of rotatable bonds is 7. The minimum atomic E-state index is -4.13. The first kappa shape index (κ1) is 16.4. The molecule has 0 rings (SSSR count). The molecule has 2 atom stereocenters. The SMILES string of the molecule is NCCOP(=O)(O)OC[C@H](O)CO.O. The van der Waals surface area contributed by atoms with Gasteiger partial charge in [-0.1, -0.05) is 0 Å². The summed E-state index contributed by atoms with van der Waals surface area (Å²) < 4.78 is 19.5. The van der Waals surface area contributed by atoms with E-state index >= 15 is 0 Å². The van der Waals surface area contributed by atoms with E-state index in [4.69, 9.17) is 20.8 Å². The highest BCUT2D eigenvalue weighted by Crippen LogP contribution is 2.42. The van der Waals surface area contributed by atoms with Gasteiger partial charge in [-0.25, -0.2) is 4.57 Å². The average molecular weight is 233 g/mol. The minimum Gasteiger partial charge on any atom is -0.412 e. The van der Waals surface area contributed by atoms with Crippen LogP contribution in [0.1, 0.15) is 0 Å². The zero-order valence-corrected chi connectivity index (χ0v) is 8.39. The summed E-state index contributed by atoms with van der Waals surface area (Å²) >= 11 is 0. The van der Waals surface area contributed by atoms with Gasteiger partial charge in [-0.3, -0.25) is 9.05 Å². The van der Waals surface area contributed by atoms with Gasteiger partial charge in [-0.15, -0.1) is 0 Å². The van der Waals surface area contributed by atoms with Gasteiger partial charge in [0.25, 0.3) is 0 Å². The van der Waals surface area contributed by atoms with Gasteiger partial charge in [-0.05, 0) is 0 Å². The molecule has 0 aromatic heterocycles. The summed E-state index contributed by atoms with van der Waals surface area (Å²) in [5.41, 5.74) is 5.02. The van der Waals surface area contributed by atoms with Crippen LogP contribution in [-0.2, 0) is 13.6 Å². The summed E-state index contributed by atoms with van der Waals surface area (Å²) in [5, 5.41) is 17.1. The third-order valence-corrected chi connectivity index (χ3v) is 2.00. The van der Waals surface area contributed by atoms with Crippen molar-refractivity contribution in [2.45, 2.75) is 6.10 Å². The van der Waals surface area contributed by atoms with E-state index in [1.807, 2.05) is 0 Å². The number of hydrogen-bond donors (Lipinski definition) is 4. The smallest absolute Gasteiger partial charge is 0.412 e. The molecule has 1 unspecified atom stereocenters. The number of aliphatic hydroxyl groups excluding tert-OH is 2. The molecule has 0 radical (unpaired) electrons. The Kier molecular flexibility index (Phi) is 9.68. The van der Waals surface area contributed by atoms with Gasteiger partial charge in [0.15, 0.2) is 0 Å². The summed E-state index contributed by atoms with van der Waals surface area (Å²) in [6.07, 6.45) is -1.19. The van der Waals surface area contributed by atoms with E-state index in [0.717, 1.165) is 0 Å². The third kappa shape index (κ3) is 8.54. The Morgan fingerprint density at radius 2 is 2.00 bits per heavy atom. The Labute approximate surface area is 81.2 Å². The van der Waals surface area contributed by atoms with Gasteiger partial charge in [0.2, 0.25) is 0 Å². The van der Waals surface area contributed by atoms with E-state index in [1.54, 1.807) is 0 Å². The molecule has 88 valence electrons. The molecule has 0 amide bonds. The molecule has 0 bridgehead atoms. The average Bonchev–Trinajstić information content (AvgIpc) is 2.11. The number of phosphoric acid groups is 1. The molecule has 0 saturated heterocycles. The zero-order valence-electron chi connectivity index (χ0n) is 7.50. The standard InChI is InChI=1S/C5H14NO6P.H2O/c6-1-2-11-13(9,10)12-4-5(8)3-7;/h5,7-8H,1-4,6H2,(H,9,10);1H2/t5-;/m1./s1. The van der Waals surface area contributed by atoms with Crippen LogP contribution >= 0.6 is 7.82 Å². The molecule has 7 N–H and O–H groups in total. The molecule has 0 aromatic rings. The Hall–Kier alpha value is -0.0500. The molecular weight excluding hydrogens is 217 g/mol. The Morgan fingerprint density at radius 3 is 2.43 bits per heavy atom. The monoisotopic (exact) mass is 233 g/mol. The van der Waals surface area contributed by atoms with E-state index in [2.05, 4.69) is 9.05 Å². The van der Waals surface area contributed by atoms with Gasteiger partial charge in [0.1, 0.15) is 6.10 Å². The van der Waals surface area contributed by atoms with Gasteiger partial charge >= 0.3 is 7.82 Å². The summed E-state index contributed by atoms with van der Waals surface area (Å²) in [5.74, 6) is 0. The maximum atomic E-state index is 10.9. The van der Waals surface area contributed by atoms with Crippen molar-refractivity contribution in [1.82, 2.24) is 0 Å². The van der Waals surface area contributed by atoms with Gasteiger partial charge in [0, 0.05) is 6.54 Å². The van der Waals surface area contributed by atoms with Crippen LogP contribution < -0.4 is 5.73 Å². The lowest BCUT2D eigenvalue weighted by molar-refractivity contribution is 0.0367. The summed E-state index contributed by atoms with van der Waals surface area (Å²) in [4.78, 5) is 8.85. The van der Waals surface area contributed by atoms with Crippen molar-refractivity contribution in [1.29, 1.82) is 0 Å². The first-order valence-electron chi connectivity index (χ1n) is 3.62. The molecule has 0 fully saturated rings. The highest BCUT2D eigenvalue weighted by Gasteiger charge is 2.21. The van der Waals surface area contributed by atoms with Crippen LogP contribution in [0.25, 0.3) is 0 Å². The lowest BCUT2D eigenvalue weighted by Crippen LogP contribution is -2.19. The molecule has 0 spiro atoms. The second-order valence-electron chi connectivity index (χ2n) is 2.22. The second-order valence-corrected chi connectivity index (χ2v) is 3.68. The Bertz CT molecular complexity index is 177. The molecule has 0 aliphatic heterocycles. The van der Waals surface area contributed by atoms with Crippen molar-refractivity contribution in [3.05, 3.63) is 0 Å². The van der Waals surface area contributed by atoms with E-state index in [0.29, 0.717) is 0 Å². The van der Waals surface area contributed by atoms with Crippen LogP contribution in [0, 0.1) is 0 Å². The fraction of sp³-hybridized carbons (Fsp3) is 1.00. The van der Waals surface area contributed by atoms with Crippen molar-refractivity contribution in [3.8, 4) is 0 Å². The summed E-state index contributed by atoms with van der Waals surface area (Å²) in [6.45, 7) is -1.02. The molecule has 14 heavy (non-hydrogen) atoms. The zero-order chi connectivity index (χ0) is 10.3. The van der Waals surface area contributed by atoms with Crippen LogP contribution in [0.5, 0.6) is 0 Å². The van der Waals surface area contributed by atoms with Crippen molar-refractivity contribution >= 4 is 7.82 Å². The van der Waals surface area contributed by atoms with Crippen molar-refractivity contribution in [3.63, 3.8) is 0 Å². The van der Waals surface area contributed by atoms with Crippen molar-refractivity contribution in [2.24, 2.45) is 5.73 Å². The van der Waals surface area contributed by atoms with Crippen molar-refractivity contribution < 1.29 is 34.2 Å².